The van der Waals surface area contributed by atoms with Crippen LogP contribution in [0.2, 0.25) is 0 Å². The van der Waals surface area contributed by atoms with Crippen LogP contribution in [0.5, 0.6) is 0 Å². The lowest BCUT2D eigenvalue weighted by Gasteiger charge is -2.23. The van der Waals surface area contributed by atoms with E-state index in [9.17, 15) is 9.18 Å². The van der Waals surface area contributed by atoms with Crippen LogP contribution in [0.25, 0.3) is 0 Å². The maximum atomic E-state index is 13.6. The molecule has 0 aliphatic rings. The summed E-state index contributed by atoms with van der Waals surface area (Å²) in [6, 6.07) is 5.95. The molecule has 2 N–H and O–H groups in total. The SMILES string of the molecule is CC(=O)N(c1cc(NO)ccn1)c1ccc(F)c(C)c1C. The molecule has 0 aliphatic heterocycles. The Bertz CT molecular complexity index is 689. The van der Waals surface area contributed by atoms with Gasteiger partial charge in [-0.25, -0.2) is 9.37 Å². The highest BCUT2D eigenvalue weighted by molar-refractivity contribution is 5.99. The third-order valence-electron chi connectivity index (χ3n) is 3.35. The highest BCUT2D eigenvalue weighted by Gasteiger charge is 2.19. The van der Waals surface area contributed by atoms with Crippen molar-refractivity contribution in [3.8, 4) is 0 Å². The van der Waals surface area contributed by atoms with Gasteiger partial charge in [-0.1, -0.05) is 0 Å². The van der Waals surface area contributed by atoms with E-state index in [0.717, 1.165) is 0 Å². The largest absolute Gasteiger partial charge is 0.291 e. The Kier molecular flexibility index (Phi) is 4.18. The topological polar surface area (TPSA) is 65.5 Å². The van der Waals surface area contributed by atoms with Crippen molar-refractivity contribution in [3.05, 3.63) is 47.4 Å². The maximum Gasteiger partial charge on any atom is 0.229 e. The third kappa shape index (κ3) is 2.85. The van der Waals surface area contributed by atoms with E-state index in [4.69, 9.17) is 5.21 Å². The van der Waals surface area contributed by atoms with Gasteiger partial charge in [0.1, 0.15) is 11.6 Å². The van der Waals surface area contributed by atoms with Crippen LogP contribution in [0.3, 0.4) is 0 Å². The number of hydrogen-bond donors (Lipinski definition) is 2. The Balaban J connectivity index is 2.59. The van der Waals surface area contributed by atoms with Gasteiger partial charge < -0.3 is 0 Å². The third-order valence-corrected chi connectivity index (χ3v) is 3.35. The van der Waals surface area contributed by atoms with Gasteiger partial charge in [-0.2, -0.15) is 0 Å². The van der Waals surface area contributed by atoms with Crippen molar-refractivity contribution in [1.82, 2.24) is 4.98 Å². The highest BCUT2D eigenvalue weighted by atomic mass is 19.1. The molecule has 1 aromatic carbocycles. The lowest BCUT2D eigenvalue weighted by atomic mass is 10.1. The van der Waals surface area contributed by atoms with E-state index in [1.807, 2.05) is 5.48 Å². The predicted molar refractivity (Wildman–Crippen MR) is 78.3 cm³/mol. The van der Waals surface area contributed by atoms with Gasteiger partial charge >= 0.3 is 0 Å². The van der Waals surface area contributed by atoms with Gasteiger partial charge in [0, 0.05) is 19.2 Å². The number of hydrogen-bond acceptors (Lipinski definition) is 4. The van der Waals surface area contributed by atoms with Crippen LogP contribution >= 0.6 is 0 Å². The summed E-state index contributed by atoms with van der Waals surface area (Å²) >= 11 is 0. The van der Waals surface area contributed by atoms with E-state index in [1.165, 1.54) is 30.2 Å². The summed E-state index contributed by atoms with van der Waals surface area (Å²) in [5.74, 6) is -0.235. The fourth-order valence-corrected chi connectivity index (χ4v) is 2.08. The molecule has 5 nitrogen and oxygen atoms in total. The molecule has 1 amide bonds. The Morgan fingerprint density at radius 1 is 1.29 bits per heavy atom. The van der Waals surface area contributed by atoms with Gasteiger partial charge in [-0.3, -0.25) is 20.4 Å². The van der Waals surface area contributed by atoms with Gasteiger partial charge in [-0.05, 0) is 43.2 Å². The minimum Gasteiger partial charge on any atom is -0.291 e. The summed E-state index contributed by atoms with van der Waals surface area (Å²) in [5, 5.41) is 8.96. The van der Waals surface area contributed by atoms with E-state index < -0.39 is 0 Å². The predicted octanol–water partition coefficient (Wildman–Crippen LogP) is 3.32. The van der Waals surface area contributed by atoms with E-state index in [0.29, 0.717) is 28.3 Å². The molecule has 0 saturated heterocycles. The van der Waals surface area contributed by atoms with E-state index in [2.05, 4.69) is 4.98 Å². The summed E-state index contributed by atoms with van der Waals surface area (Å²) in [6.07, 6.45) is 1.47. The Morgan fingerprint density at radius 3 is 2.62 bits per heavy atom. The minimum absolute atomic E-state index is 0.258. The number of benzene rings is 1. The van der Waals surface area contributed by atoms with Gasteiger partial charge in [0.2, 0.25) is 5.91 Å². The molecule has 110 valence electrons. The van der Waals surface area contributed by atoms with Crippen LogP contribution in [-0.2, 0) is 4.79 Å². The molecule has 0 fully saturated rings. The smallest absolute Gasteiger partial charge is 0.229 e. The van der Waals surface area contributed by atoms with Crippen LogP contribution in [0.1, 0.15) is 18.1 Å². The second-order valence-electron chi connectivity index (χ2n) is 4.69. The summed E-state index contributed by atoms with van der Waals surface area (Å²) in [5.41, 5.74) is 4.12. The molecule has 6 heteroatoms. The van der Waals surface area contributed by atoms with Crippen molar-refractivity contribution >= 4 is 23.1 Å². The van der Waals surface area contributed by atoms with Gasteiger partial charge in [0.05, 0.1) is 11.4 Å². The standard InChI is InChI=1S/C15H16FN3O2/c1-9-10(2)14(5-4-13(9)16)19(11(3)20)15-8-12(18-21)6-7-17-15/h4-8,21H,1-3H3,(H,17,18). The van der Waals surface area contributed by atoms with Crippen LogP contribution in [0, 0.1) is 19.7 Å². The molecule has 0 bridgehead atoms. The first-order chi connectivity index (χ1) is 9.95. The van der Waals surface area contributed by atoms with Crippen molar-refractivity contribution < 1.29 is 14.4 Å². The Morgan fingerprint density at radius 2 is 2.00 bits per heavy atom. The van der Waals surface area contributed by atoms with Gasteiger partial charge in [0.25, 0.3) is 0 Å². The Hall–Kier alpha value is -2.47. The average Bonchev–Trinajstić information content (AvgIpc) is 2.47. The zero-order valence-electron chi connectivity index (χ0n) is 12.0. The van der Waals surface area contributed by atoms with Crippen LogP contribution in [0.4, 0.5) is 21.6 Å². The van der Waals surface area contributed by atoms with Crippen molar-refractivity contribution in [2.75, 3.05) is 10.4 Å². The second-order valence-corrected chi connectivity index (χ2v) is 4.69. The second kappa shape index (κ2) is 5.88. The van der Waals surface area contributed by atoms with Crippen LogP contribution in [-0.4, -0.2) is 16.1 Å². The molecule has 2 rings (SSSR count). The molecule has 21 heavy (non-hydrogen) atoms. The van der Waals surface area contributed by atoms with Crippen LogP contribution in [0.15, 0.2) is 30.5 Å². The van der Waals surface area contributed by atoms with Crippen molar-refractivity contribution in [1.29, 1.82) is 0 Å². The monoisotopic (exact) mass is 289 g/mol. The molecule has 0 spiro atoms. The molecule has 0 unspecified atom stereocenters. The van der Waals surface area contributed by atoms with Crippen LogP contribution < -0.4 is 10.4 Å². The molecular formula is C15H16FN3O2. The summed E-state index contributed by atoms with van der Waals surface area (Å²) in [7, 11) is 0. The molecule has 0 aliphatic carbocycles. The van der Waals surface area contributed by atoms with Crippen molar-refractivity contribution in [2.24, 2.45) is 0 Å². The minimum atomic E-state index is -0.321. The molecule has 0 radical (unpaired) electrons. The Labute approximate surface area is 122 Å². The van der Waals surface area contributed by atoms with E-state index in [1.54, 1.807) is 26.0 Å². The number of nitrogens with zero attached hydrogens (tertiary/aromatic N) is 2. The molecule has 0 atom stereocenters. The number of rotatable bonds is 3. The average molecular weight is 289 g/mol. The molecule has 0 saturated carbocycles. The van der Waals surface area contributed by atoms with E-state index in [-0.39, 0.29) is 11.7 Å². The van der Waals surface area contributed by atoms with E-state index >= 15 is 0 Å². The number of nitrogens with one attached hydrogen (secondary N) is 1. The fourth-order valence-electron chi connectivity index (χ4n) is 2.08. The molecular weight excluding hydrogens is 273 g/mol. The zero-order valence-corrected chi connectivity index (χ0v) is 12.0. The quantitative estimate of drug-likeness (QED) is 0.851. The first-order valence-electron chi connectivity index (χ1n) is 6.38. The highest BCUT2D eigenvalue weighted by Crippen LogP contribution is 2.31. The lowest BCUT2D eigenvalue weighted by molar-refractivity contribution is -0.115. The first kappa shape index (κ1) is 14.9. The number of anilines is 3. The number of carbonyl (C=O) groups excluding carboxylic acids is 1. The van der Waals surface area contributed by atoms with Crippen molar-refractivity contribution in [3.63, 3.8) is 0 Å². The fraction of sp³-hybridized carbons (Fsp3) is 0.200. The maximum absolute atomic E-state index is 13.6. The number of amides is 1. The van der Waals surface area contributed by atoms with Gasteiger partial charge in [0.15, 0.2) is 0 Å². The number of carbonyl (C=O) groups is 1. The summed E-state index contributed by atoms with van der Waals surface area (Å²) in [4.78, 5) is 17.5. The van der Waals surface area contributed by atoms with Crippen molar-refractivity contribution in [2.45, 2.75) is 20.8 Å². The molecule has 1 heterocycles. The number of halogens is 1. The molecule has 1 aromatic heterocycles. The lowest BCUT2D eigenvalue weighted by Crippen LogP contribution is -2.25. The number of pyridine rings is 1. The molecule has 2 aromatic rings. The summed E-state index contributed by atoms with van der Waals surface area (Å²) in [6.45, 7) is 4.81. The zero-order chi connectivity index (χ0) is 15.6. The first-order valence-corrected chi connectivity index (χ1v) is 6.38. The van der Waals surface area contributed by atoms with Gasteiger partial charge in [-0.15, -0.1) is 0 Å². The number of aromatic nitrogens is 1. The normalized spacial score (nSPS) is 10.3. The summed E-state index contributed by atoms with van der Waals surface area (Å²) < 4.78 is 13.6.